The number of rotatable bonds is 4. The highest BCUT2D eigenvalue weighted by atomic mass is 79.9. The molecule has 1 saturated heterocycles. The Kier molecular flexibility index (Phi) is 5.06. The van der Waals surface area contributed by atoms with Crippen LogP contribution in [-0.4, -0.2) is 37.6 Å². The van der Waals surface area contributed by atoms with E-state index in [0.29, 0.717) is 23.4 Å². The van der Waals surface area contributed by atoms with E-state index < -0.39 is 9.84 Å². The molecule has 1 heterocycles. The number of likely N-dealkylation sites (tertiary alicyclic amines) is 1. The first-order valence-corrected chi connectivity index (χ1v) is 10.3. The first kappa shape index (κ1) is 17.2. The number of halogens is 1. The lowest BCUT2D eigenvalue weighted by molar-refractivity contribution is 0.0749. The number of carbonyl (C=O) groups excluding carboxylic acids is 1. The van der Waals surface area contributed by atoms with Crippen molar-refractivity contribution < 1.29 is 13.2 Å². The number of amides is 1. The molecular formula is C18H18BrNO3S. The highest BCUT2D eigenvalue weighted by molar-refractivity contribution is 9.10. The maximum atomic E-state index is 12.7. The number of hydrogen-bond donors (Lipinski definition) is 0. The molecule has 1 aliphatic heterocycles. The Morgan fingerprint density at radius 3 is 2.42 bits per heavy atom. The Morgan fingerprint density at radius 1 is 1.08 bits per heavy atom. The van der Waals surface area contributed by atoms with E-state index >= 15 is 0 Å². The highest BCUT2D eigenvalue weighted by Crippen LogP contribution is 2.24. The normalized spacial score (nSPS) is 17.9. The summed E-state index contributed by atoms with van der Waals surface area (Å²) in [6.45, 7) is 0.601. The van der Waals surface area contributed by atoms with Crippen LogP contribution in [0.15, 0.2) is 64.0 Å². The van der Waals surface area contributed by atoms with E-state index in [0.717, 1.165) is 10.9 Å². The third-order valence-corrected chi connectivity index (χ3v) is 6.59. The number of nitrogens with zero attached hydrogens (tertiary/aromatic N) is 1. The van der Waals surface area contributed by atoms with E-state index in [1.54, 1.807) is 47.4 Å². The van der Waals surface area contributed by atoms with Gasteiger partial charge in [-0.1, -0.05) is 34.1 Å². The molecule has 1 aliphatic rings. The van der Waals surface area contributed by atoms with Crippen molar-refractivity contribution >= 4 is 31.7 Å². The Bertz CT molecular complexity index is 819. The van der Waals surface area contributed by atoms with Gasteiger partial charge in [0.05, 0.1) is 10.6 Å². The van der Waals surface area contributed by atoms with Gasteiger partial charge in [0.25, 0.3) is 5.91 Å². The molecular weight excluding hydrogens is 390 g/mol. The third kappa shape index (κ3) is 3.70. The summed E-state index contributed by atoms with van der Waals surface area (Å²) in [5.74, 6) is -0.132. The zero-order valence-electron chi connectivity index (χ0n) is 13.1. The number of benzene rings is 2. The van der Waals surface area contributed by atoms with Crippen molar-refractivity contribution in [1.29, 1.82) is 0 Å². The van der Waals surface area contributed by atoms with Crippen LogP contribution in [0.5, 0.6) is 0 Å². The van der Waals surface area contributed by atoms with Crippen LogP contribution in [0.2, 0.25) is 0 Å². The summed E-state index contributed by atoms with van der Waals surface area (Å²) in [6.07, 6.45) is 1.55. The lowest BCUT2D eigenvalue weighted by Crippen LogP contribution is -2.39. The van der Waals surface area contributed by atoms with Gasteiger partial charge in [0, 0.05) is 22.6 Å². The van der Waals surface area contributed by atoms with Crippen molar-refractivity contribution in [2.45, 2.75) is 23.8 Å². The van der Waals surface area contributed by atoms with Gasteiger partial charge >= 0.3 is 0 Å². The van der Waals surface area contributed by atoms with Gasteiger partial charge in [0.2, 0.25) is 0 Å². The predicted molar refractivity (Wildman–Crippen MR) is 96.7 cm³/mol. The van der Waals surface area contributed by atoms with Gasteiger partial charge in [-0.2, -0.15) is 0 Å². The van der Waals surface area contributed by atoms with Gasteiger partial charge in [0.1, 0.15) is 0 Å². The van der Waals surface area contributed by atoms with E-state index in [4.69, 9.17) is 0 Å². The molecule has 1 fully saturated rings. The van der Waals surface area contributed by atoms with Gasteiger partial charge in [-0.05, 0) is 49.2 Å². The first-order chi connectivity index (χ1) is 11.5. The van der Waals surface area contributed by atoms with Crippen LogP contribution in [0.4, 0.5) is 0 Å². The number of sulfone groups is 1. The minimum Gasteiger partial charge on any atom is -0.335 e. The summed E-state index contributed by atoms with van der Waals surface area (Å²) in [6, 6.07) is 15.3. The predicted octanol–water partition coefficient (Wildman–Crippen LogP) is 3.53. The summed E-state index contributed by atoms with van der Waals surface area (Å²) >= 11 is 3.35. The van der Waals surface area contributed by atoms with E-state index in [2.05, 4.69) is 15.9 Å². The molecule has 2 aromatic rings. The maximum absolute atomic E-state index is 12.7. The topological polar surface area (TPSA) is 54.5 Å². The van der Waals surface area contributed by atoms with E-state index in [-0.39, 0.29) is 17.7 Å². The van der Waals surface area contributed by atoms with Gasteiger partial charge in [0.15, 0.2) is 9.84 Å². The average molecular weight is 408 g/mol. The number of hydrogen-bond acceptors (Lipinski definition) is 3. The lowest BCUT2D eigenvalue weighted by Gasteiger charge is -2.24. The molecule has 4 nitrogen and oxygen atoms in total. The second-order valence-electron chi connectivity index (χ2n) is 5.90. The fourth-order valence-corrected chi connectivity index (χ4v) is 4.89. The van der Waals surface area contributed by atoms with Gasteiger partial charge in [-0.25, -0.2) is 8.42 Å². The Hall–Kier alpha value is -1.66. The van der Waals surface area contributed by atoms with Crippen LogP contribution in [0.3, 0.4) is 0 Å². The Balaban J connectivity index is 1.78. The molecule has 1 amide bonds. The standard InChI is InChI=1S/C18H18BrNO3S/c19-15-10-8-14(9-11-15)18(21)20-12-4-5-16(20)13-24(22,23)17-6-2-1-3-7-17/h1-3,6-11,16H,4-5,12-13H2. The van der Waals surface area contributed by atoms with Gasteiger partial charge in [-0.15, -0.1) is 0 Å². The van der Waals surface area contributed by atoms with E-state index in [1.807, 2.05) is 12.1 Å². The molecule has 6 heteroatoms. The monoisotopic (exact) mass is 407 g/mol. The minimum atomic E-state index is -3.40. The highest BCUT2D eigenvalue weighted by Gasteiger charge is 2.33. The molecule has 0 spiro atoms. The van der Waals surface area contributed by atoms with Crippen LogP contribution >= 0.6 is 15.9 Å². The molecule has 3 rings (SSSR count). The Labute approximate surface area is 150 Å². The zero-order chi connectivity index (χ0) is 17.2. The van der Waals surface area contributed by atoms with Crippen LogP contribution in [0.25, 0.3) is 0 Å². The maximum Gasteiger partial charge on any atom is 0.254 e. The van der Waals surface area contributed by atoms with Crippen molar-refractivity contribution in [3.8, 4) is 0 Å². The third-order valence-electron chi connectivity index (χ3n) is 4.24. The fraction of sp³-hybridized carbons (Fsp3) is 0.278. The van der Waals surface area contributed by atoms with Crippen LogP contribution in [0, 0.1) is 0 Å². The minimum absolute atomic E-state index is 0.0285. The molecule has 0 radical (unpaired) electrons. The molecule has 0 N–H and O–H groups in total. The van der Waals surface area contributed by atoms with Crippen LogP contribution in [-0.2, 0) is 9.84 Å². The molecule has 0 aromatic heterocycles. The van der Waals surface area contributed by atoms with Crippen molar-refractivity contribution in [2.24, 2.45) is 0 Å². The Morgan fingerprint density at radius 2 is 1.75 bits per heavy atom. The second-order valence-corrected chi connectivity index (χ2v) is 8.85. The van der Waals surface area contributed by atoms with Crippen molar-refractivity contribution in [3.05, 3.63) is 64.6 Å². The summed E-state index contributed by atoms with van der Waals surface area (Å²) in [5.41, 5.74) is 0.585. The molecule has 126 valence electrons. The molecule has 24 heavy (non-hydrogen) atoms. The molecule has 0 aliphatic carbocycles. The largest absolute Gasteiger partial charge is 0.335 e. The molecule has 1 atom stereocenters. The second kappa shape index (κ2) is 7.07. The van der Waals surface area contributed by atoms with Gasteiger partial charge in [-0.3, -0.25) is 4.79 Å². The van der Waals surface area contributed by atoms with E-state index in [1.165, 1.54) is 0 Å². The van der Waals surface area contributed by atoms with Crippen LogP contribution < -0.4 is 0 Å². The fourth-order valence-electron chi connectivity index (χ4n) is 3.01. The van der Waals surface area contributed by atoms with Crippen molar-refractivity contribution in [1.82, 2.24) is 4.90 Å². The SMILES string of the molecule is O=C(c1ccc(Br)cc1)N1CCCC1CS(=O)(=O)c1ccccc1. The summed E-state index contributed by atoms with van der Waals surface area (Å²) in [4.78, 5) is 14.7. The first-order valence-electron chi connectivity index (χ1n) is 7.82. The summed E-state index contributed by atoms with van der Waals surface area (Å²) < 4.78 is 26.1. The van der Waals surface area contributed by atoms with Crippen LogP contribution in [0.1, 0.15) is 23.2 Å². The average Bonchev–Trinajstić information content (AvgIpc) is 3.03. The number of carbonyl (C=O) groups is 1. The smallest absolute Gasteiger partial charge is 0.254 e. The molecule has 0 saturated carbocycles. The lowest BCUT2D eigenvalue weighted by atomic mass is 10.2. The summed E-state index contributed by atoms with van der Waals surface area (Å²) in [5, 5.41) is 0. The molecule has 2 aromatic carbocycles. The van der Waals surface area contributed by atoms with Gasteiger partial charge < -0.3 is 4.90 Å². The molecule has 1 unspecified atom stereocenters. The van der Waals surface area contributed by atoms with Crippen molar-refractivity contribution in [2.75, 3.05) is 12.3 Å². The quantitative estimate of drug-likeness (QED) is 0.778. The van der Waals surface area contributed by atoms with Crippen molar-refractivity contribution in [3.63, 3.8) is 0 Å². The zero-order valence-corrected chi connectivity index (χ0v) is 15.5. The summed E-state index contributed by atoms with van der Waals surface area (Å²) in [7, 11) is -3.40. The van der Waals surface area contributed by atoms with E-state index in [9.17, 15) is 13.2 Å². The molecule has 0 bridgehead atoms.